The van der Waals surface area contributed by atoms with E-state index >= 15 is 0 Å². The molecule has 0 bridgehead atoms. The van der Waals surface area contributed by atoms with Crippen LogP contribution in [-0.4, -0.2) is 13.1 Å². The molecule has 28 heavy (non-hydrogen) atoms. The predicted molar refractivity (Wildman–Crippen MR) is 106 cm³/mol. The molecule has 3 N–H and O–H groups in total. The van der Waals surface area contributed by atoms with E-state index in [1.54, 1.807) is 0 Å². The molecule has 2 heterocycles. The molecule has 2 aliphatic rings. The third kappa shape index (κ3) is 3.26. The number of anilines is 2. The van der Waals surface area contributed by atoms with Gasteiger partial charge in [-0.15, -0.1) is 0 Å². The quantitative estimate of drug-likeness (QED) is 0.669. The van der Waals surface area contributed by atoms with E-state index < -0.39 is 17.2 Å². The number of fused-ring (bicyclic) bond motifs is 3. The first kappa shape index (κ1) is 18.9. The van der Waals surface area contributed by atoms with Gasteiger partial charge in [-0.1, -0.05) is 43.3 Å². The molecule has 0 spiro atoms. The number of rotatable bonds is 4. The van der Waals surface area contributed by atoms with Crippen LogP contribution in [0.1, 0.15) is 36.5 Å². The molecule has 0 saturated heterocycles. The van der Waals surface area contributed by atoms with Crippen molar-refractivity contribution in [3.8, 4) is 0 Å². The number of allylic oxidation sites excluding steroid dienone is 1. The minimum atomic E-state index is -4.42. The lowest BCUT2D eigenvalue weighted by Gasteiger charge is -2.29. The molecule has 0 radical (unpaired) electrons. The number of benzene rings is 2. The van der Waals surface area contributed by atoms with Crippen molar-refractivity contribution in [2.75, 3.05) is 23.7 Å². The highest BCUT2D eigenvalue weighted by molar-refractivity contribution is 5.76. The fourth-order valence-corrected chi connectivity index (χ4v) is 4.33. The van der Waals surface area contributed by atoms with Gasteiger partial charge in [0, 0.05) is 29.9 Å². The van der Waals surface area contributed by atoms with Crippen LogP contribution in [0.15, 0.2) is 54.2 Å². The van der Waals surface area contributed by atoms with Gasteiger partial charge < -0.3 is 16.0 Å². The van der Waals surface area contributed by atoms with E-state index in [1.807, 2.05) is 49.4 Å². The van der Waals surface area contributed by atoms with Gasteiger partial charge >= 0.3 is 6.18 Å². The Labute approximate surface area is 163 Å². The monoisotopic (exact) mass is 387 g/mol. The van der Waals surface area contributed by atoms with Gasteiger partial charge in [0.2, 0.25) is 0 Å². The fraction of sp³-hybridized carbons (Fsp3) is 0.364. The van der Waals surface area contributed by atoms with Crippen molar-refractivity contribution in [1.82, 2.24) is 5.32 Å². The summed E-state index contributed by atoms with van der Waals surface area (Å²) < 4.78 is 41.6. The van der Waals surface area contributed by atoms with Crippen LogP contribution in [0, 0.1) is 0 Å². The highest BCUT2D eigenvalue weighted by Crippen LogP contribution is 2.53. The molecule has 0 aliphatic carbocycles. The van der Waals surface area contributed by atoms with Crippen molar-refractivity contribution in [3.63, 3.8) is 0 Å². The Morgan fingerprint density at radius 3 is 2.64 bits per heavy atom. The molecule has 3 nitrogen and oxygen atoms in total. The lowest BCUT2D eigenvalue weighted by Crippen LogP contribution is -2.28. The third-order valence-corrected chi connectivity index (χ3v) is 5.86. The van der Waals surface area contributed by atoms with Gasteiger partial charge in [0.05, 0.1) is 11.3 Å². The molecule has 0 fully saturated rings. The highest BCUT2D eigenvalue weighted by Gasteiger charge is 2.46. The summed E-state index contributed by atoms with van der Waals surface area (Å²) in [4.78, 5) is 0. The summed E-state index contributed by atoms with van der Waals surface area (Å²) >= 11 is 0. The van der Waals surface area contributed by atoms with Gasteiger partial charge in [0.15, 0.2) is 0 Å². The number of hydrogen-bond donors (Lipinski definition) is 3. The average Bonchev–Trinajstić information content (AvgIpc) is 2.84. The van der Waals surface area contributed by atoms with Crippen molar-refractivity contribution < 1.29 is 13.2 Å². The molecular weight excluding hydrogens is 363 g/mol. The second-order valence-electron chi connectivity index (χ2n) is 7.42. The van der Waals surface area contributed by atoms with Crippen molar-refractivity contribution in [2.24, 2.45) is 0 Å². The summed E-state index contributed by atoms with van der Waals surface area (Å²) in [5.41, 5.74) is 2.38. The summed E-state index contributed by atoms with van der Waals surface area (Å²) in [6.45, 7) is 3.97. The Kier molecular flexibility index (Phi) is 4.83. The van der Waals surface area contributed by atoms with Crippen LogP contribution in [0.25, 0.3) is 0 Å². The van der Waals surface area contributed by atoms with E-state index in [9.17, 15) is 13.2 Å². The lowest BCUT2D eigenvalue weighted by molar-refractivity contribution is -0.136. The molecule has 2 aromatic carbocycles. The van der Waals surface area contributed by atoms with E-state index in [0.717, 1.165) is 36.2 Å². The zero-order valence-corrected chi connectivity index (χ0v) is 15.8. The van der Waals surface area contributed by atoms with Crippen LogP contribution in [0.2, 0.25) is 0 Å². The van der Waals surface area contributed by atoms with Crippen molar-refractivity contribution in [2.45, 2.75) is 37.9 Å². The number of hydrogen-bond acceptors (Lipinski definition) is 3. The smallest absolute Gasteiger partial charge is 0.381 e. The topological polar surface area (TPSA) is 36.1 Å². The van der Waals surface area contributed by atoms with Crippen LogP contribution in [-0.2, 0) is 18.1 Å². The Hall–Kier alpha value is -2.47. The normalized spacial score (nSPS) is 21.2. The highest BCUT2D eigenvalue weighted by atomic mass is 19.4. The van der Waals surface area contributed by atoms with Gasteiger partial charge in [-0.05, 0) is 42.6 Å². The molecule has 0 unspecified atom stereocenters. The molecule has 2 aliphatic heterocycles. The second-order valence-corrected chi connectivity index (χ2v) is 7.42. The maximum absolute atomic E-state index is 13.9. The maximum Gasteiger partial charge on any atom is 0.418 e. The Bertz CT molecular complexity index is 890. The predicted octanol–water partition coefficient (Wildman–Crippen LogP) is 5.27. The van der Waals surface area contributed by atoms with Gasteiger partial charge in [-0.3, -0.25) is 0 Å². The van der Waals surface area contributed by atoms with Crippen molar-refractivity contribution in [1.29, 1.82) is 0 Å². The molecule has 1 atom stereocenters. The molecule has 0 aromatic heterocycles. The zero-order valence-electron chi connectivity index (χ0n) is 15.8. The van der Waals surface area contributed by atoms with E-state index in [-0.39, 0.29) is 5.69 Å². The number of halogens is 3. The van der Waals surface area contributed by atoms with E-state index in [4.69, 9.17) is 0 Å². The van der Waals surface area contributed by atoms with Crippen LogP contribution < -0.4 is 16.0 Å². The van der Waals surface area contributed by atoms with Crippen LogP contribution in [0.4, 0.5) is 24.5 Å². The standard InChI is InChI=1S/C22H24F3N3/c1-2-21-9-11-26-10-8-19(21)28-20-17(21)12-16(13-18(20)22(23,24)25)27-14-15-6-4-3-5-7-15/h3-8,12-13,26-28H,2,9-11,14H2,1H3/t21-/m0/s1. The van der Waals surface area contributed by atoms with Crippen LogP contribution in [0.5, 0.6) is 0 Å². The van der Waals surface area contributed by atoms with E-state index in [0.29, 0.717) is 18.8 Å². The van der Waals surface area contributed by atoms with Gasteiger partial charge in [0.25, 0.3) is 0 Å². The summed E-state index contributed by atoms with van der Waals surface area (Å²) in [6, 6.07) is 12.8. The summed E-state index contributed by atoms with van der Waals surface area (Å²) in [6.07, 6.45) is -0.902. The number of nitrogens with one attached hydrogen (secondary N) is 3. The molecule has 4 rings (SSSR count). The second kappa shape index (κ2) is 7.17. The summed E-state index contributed by atoms with van der Waals surface area (Å²) in [7, 11) is 0. The third-order valence-electron chi connectivity index (χ3n) is 5.86. The first-order valence-corrected chi connectivity index (χ1v) is 9.66. The Morgan fingerprint density at radius 1 is 1.14 bits per heavy atom. The zero-order chi connectivity index (χ0) is 19.8. The SMILES string of the molecule is CC[C@@]12CCNCC=C1Nc1c(C(F)(F)F)cc(NCc3ccccc3)cc12. The molecule has 0 saturated carbocycles. The molecule has 6 heteroatoms. The fourth-order valence-electron chi connectivity index (χ4n) is 4.33. The summed E-state index contributed by atoms with van der Waals surface area (Å²) in [5, 5.41) is 9.63. The molecular formula is C22H24F3N3. The molecule has 0 amide bonds. The van der Waals surface area contributed by atoms with Gasteiger partial charge in [0.1, 0.15) is 0 Å². The van der Waals surface area contributed by atoms with Gasteiger partial charge in [-0.25, -0.2) is 0 Å². The molecule has 2 aromatic rings. The maximum atomic E-state index is 13.9. The minimum Gasteiger partial charge on any atom is -0.381 e. The van der Waals surface area contributed by atoms with Crippen LogP contribution >= 0.6 is 0 Å². The largest absolute Gasteiger partial charge is 0.418 e. The minimum absolute atomic E-state index is 0.216. The van der Waals surface area contributed by atoms with Crippen LogP contribution in [0.3, 0.4) is 0 Å². The number of alkyl halides is 3. The van der Waals surface area contributed by atoms with Crippen molar-refractivity contribution >= 4 is 11.4 Å². The molecule has 148 valence electrons. The van der Waals surface area contributed by atoms with Gasteiger partial charge in [-0.2, -0.15) is 13.2 Å². The van der Waals surface area contributed by atoms with E-state index in [1.165, 1.54) is 6.07 Å². The van der Waals surface area contributed by atoms with Crippen molar-refractivity contribution in [3.05, 3.63) is 70.9 Å². The first-order valence-electron chi connectivity index (χ1n) is 9.66. The summed E-state index contributed by atoms with van der Waals surface area (Å²) in [5.74, 6) is 0. The Balaban J connectivity index is 1.78. The Morgan fingerprint density at radius 2 is 1.93 bits per heavy atom. The van der Waals surface area contributed by atoms with E-state index in [2.05, 4.69) is 16.0 Å². The average molecular weight is 387 g/mol. The first-order chi connectivity index (χ1) is 13.4. The lowest BCUT2D eigenvalue weighted by atomic mass is 9.74.